The van der Waals surface area contributed by atoms with E-state index >= 15 is 0 Å². The van der Waals surface area contributed by atoms with Crippen molar-refractivity contribution in [2.75, 3.05) is 19.7 Å². The van der Waals surface area contributed by atoms with Crippen LogP contribution in [0.15, 0.2) is 29.2 Å². The Labute approximate surface area is 125 Å². The standard InChI is InChI=1S/C14H22N2O4S/c1-3-16-21(19,20)13-6-4-12(5-7-13)14(18)15-10-11(2)8-9-17/h4-7,11,16-17H,3,8-10H2,1-2H3,(H,15,18). The molecular formula is C14H22N2O4S. The number of hydrogen-bond acceptors (Lipinski definition) is 4. The summed E-state index contributed by atoms with van der Waals surface area (Å²) in [5.74, 6) is -0.0699. The van der Waals surface area contributed by atoms with Gasteiger partial charge in [-0.15, -0.1) is 0 Å². The number of carbonyl (C=O) groups is 1. The molecule has 0 saturated heterocycles. The highest BCUT2D eigenvalue weighted by molar-refractivity contribution is 7.89. The van der Waals surface area contributed by atoms with Gasteiger partial charge in [-0.1, -0.05) is 13.8 Å². The van der Waals surface area contributed by atoms with Crippen molar-refractivity contribution >= 4 is 15.9 Å². The molecule has 0 fully saturated rings. The Morgan fingerprint density at radius 2 is 1.90 bits per heavy atom. The molecule has 3 N–H and O–H groups in total. The van der Waals surface area contributed by atoms with Gasteiger partial charge in [0.2, 0.25) is 10.0 Å². The smallest absolute Gasteiger partial charge is 0.251 e. The maximum absolute atomic E-state index is 11.9. The maximum Gasteiger partial charge on any atom is 0.251 e. The summed E-state index contributed by atoms with van der Waals surface area (Å²) in [5, 5.41) is 11.5. The molecule has 1 aromatic rings. The van der Waals surface area contributed by atoms with Gasteiger partial charge in [-0.2, -0.15) is 0 Å². The molecule has 0 aromatic heterocycles. The van der Waals surface area contributed by atoms with Crippen LogP contribution in [-0.2, 0) is 10.0 Å². The summed E-state index contributed by atoms with van der Waals surface area (Å²) in [6.45, 7) is 4.51. The predicted molar refractivity (Wildman–Crippen MR) is 80.5 cm³/mol. The Bertz CT molecular complexity index is 555. The van der Waals surface area contributed by atoms with E-state index in [1.807, 2.05) is 6.92 Å². The minimum Gasteiger partial charge on any atom is -0.396 e. The van der Waals surface area contributed by atoms with Gasteiger partial charge in [0.25, 0.3) is 5.91 Å². The van der Waals surface area contributed by atoms with E-state index in [1.54, 1.807) is 6.92 Å². The van der Waals surface area contributed by atoms with E-state index in [-0.39, 0.29) is 23.3 Å². The van der Waals surface area contributed by atoms with Gasteiger partial charge in [-0.05, 0) is 36.6 Å². The normalized spacial score (nSPS) is 12.9. The van der Waals surface area contributed by atoms with Crippen LogP contribution in [0.1, 0.15) is 30.6 Å². The van der Waals surface area contributed by atoms with Crippen molar-refractivity contribution in [3.05, 3.63) is 29.8 Å². The Kier molecular flexibility index (Phi) is 6.80. The number of hydrogen-bond donors (Lipinski definition) is 3. The molecule has 0 spiro atoms. The fraction of sp³-hybridized carbons (Fsp3) is 0.500. The lowest BCUT2D eigenvalue weighted by Crippen LogP contribution is -2.28. The summed E-state index contributed by atoms with van der Waals surface area (Å²) < 4.78 is 25.9. The molecule has 0 saturated carbocycles. The number of aliphatic hydroxyl groups is 1. The third-order valence-electron chi connectivity index (χ3n) is 2.99. The number of amides is 1. The summed E-state index contributed by atoms with van der Waals surface area (Å²) in [5.41, 5.74) is 0.404. The van der Waals surface area contributed by atoms with Crippen LogP contribution < -0.4 is 10.0 Å². The molecular weight excluding hydrogens is 292 g/mol. The molecule has 6 nitrogen and oxygen atoms in total. The van der Waals surface area contributed by atoms with Gasteiger partial charge in [0.05, 0.1) is 4.90 Å². The van der Waals surface area contributed by atoms with Crippen molar-refractivity contribution in [2.45, 2.75) is 25.2 Å². The van der Waals surface area contributed by atoms with Gasteiger partial charge in [0.15, 0.2) is 0 Å². The lowest BCUT2D eigenvalue weighted by Gasteiger charge is -2.11. The molecule has 0 aliphatic heterocycles. The van der Waals surface area contributed by atoms with Gasteiger partial charge in [0.1, 0.15) is 0 Å². The zero-order chi connectivity index (χ0) is 15.9. The molecule has 1 aromatic carbocycles. The Morgan fingerprint density at radius 3 is 2.43 bits per heavy atom. The first-order valence-electron chi connectivity index (χ1n) is 6.89. The van der Waals surface area contributed by atoms with E-state index in [1.165, 1.54) is 24.3 Å². The minimum atomic E-state index is -3.50. The van der Waals surface area contributed by atoms with Crippen LogP contribution >= 0.6 is 0 Å². The lowest BCUT2D eigenvalue weighted by molar-refractivity contribution is 0.0945. The van der Waals surface area contributed by atoms with E-state index in [0.29, 0.717) is 25.1 Å². The molecule has 118 valence electrons. The van der Waals surface area contributed by atoms with Crippen LogP contribution in [-0.4, -0.2) is 39.1 Å². The molecule has 1 atom stereocenters. The van der Waals surface area contributed by atoms with Crippen LogP contribution in [0.4, 0.5) is 0 Å². The third-order valence-corrected chi connectivity index (χ3v) is 4.56. The van der Waals surface area contributed by atoms with E-state index < -0.39 is 10.0 Å². The van der Waals surface area contributed by atoms with Gasteiger partial charge in [0, 0.05) is 25.3 Å². The summed E-state index contributed by atoms with van der Waals surface area (Å²) >= 11 is 0. The van der Waals surface area contributed by atoms with Gasteiger partial charge in [-0.3, -0.25) is 4.79 Å². The Hall–Kier alpha value is -1.44. The van der Waals surface area contributed by atoms with E-state index in [0.717, 1.165) is 0 Å². The first-order chi connectivity index (χ1) is 9.90. The maximum atomic E-state index is 11.9. The summed E-state index contributed by atoms with van der Waals surface area (Å²) in [6.07, 6.45) is 0.625. The van der Waals surface area contributed by atoms with Gasteiger partial charge < -0.3 is 10.4 Å². The Balaban J connectivity index is 2.68. The average molecular weight is 314 g/mol. The topological polar surface area (TPSA) is 95.5 Å². The van der Waals surface area contributed by atoms with Crippen molar-refractivity contribution in [3.8, 4) is 0 Å². The van der Waals surface area contributed by atoms with Crippen molar-refractivity contribution in [2.24, 2.45) is 5.92 Å². The van der Waals surface area contributed by atoms with Crippen molar-refractivity contribution in [1.29, 1.82) is 0 Å². The molecule has 1 rings (SSSR count). The van der Waals surface area contributed by atoms with Gasteiger partial charge >= 0.3 is 0 Å². The fourth-order valence-electron chi connectivity index (χ4n) is 1.75. The first-order valence-corrected chi connectivity index (χ1v) is 8.37. The number of rotatable bonds is 8. The molecule has 0 aliphatic rings. The highest BCUT2D eigenvalue weighted by atomic mass is 32.2. The van der Waals surface area contributed by atoms with E-state index in [2.05, 4.69) is 10.0 Å². The zero-order valence-corrected chi connectivity index (χ0v) is 13.1. The average Bonchev–Trinajstić information content (AvgIpc) is 2.45. The second-order valence-corrected chi connectivity index (χ2v) is 6.62. The minimum absolute atomic E-state index is 0.0913. The monoisotopic (exact) mass is 314 g/mol. The van der Waals surface area contributed by atoms with Crippen molar-refractivity contribution in [1.82, 2.24) is 10.0 Å². The molecule has 7 heteroatoms. The first kappa shape index (κ1) is 17.6. The summed E-state index contributed by atoms with van der Waals surface area (Å²) in [7, 11) is -3.50. The second kappa shape index (κ2) is 8.11. The molecule has 0 radical (unpaired) electrons. The third kappa shape index (κ3) is 5.45. The molecule has 1 unspecified atom stereocenters. The van der Waals surface area contributed by atoms with E-state index in [9.17, 15) is 13.2 Å². The van der Waals surface area contributed by atoms with Crippen LogP contribution in [0.3, 0.4) is 0 Å². The van der Waals surface area contributed by atoms with Crippen molar-refractivity contribution in [3.63, 3.8) is 0 Å². The summed E-state index contributed by atoms with van der Waals surface area (Å²) in [4.78, 5) is 12.0. The van der Waals surface area contributed by atoms with Crippen molar-refractivity contribution < 1.29 is 18.3 Å². The quantitative estimate of drug-likeness (QED) is 0.659. The Morgan fingerprint density at radius 1 is 1.29 bits per heavy atom. The largest absolute Gasteiger partial charge is 0.396 e. The number of carbonyl (C=O) groups excluding carboxylic acids is 1. The van der Waals surface area contributed by atoms with Crippen LogP contribution in [0.25, 0.3) is 0 Å². The number of sulfonamides is 1. The molecule has 21 heavy (non-hydrogen) atoms. The second-order valence-electron chi connectivity index (χ2n) is 4.85. The molecule has 0 heterocycles. The molecule has 0 bridgehead atoms. The van der Waals surface area contributed by atoms with Crippen LogP contribution in [0.2, 0.25) is 0 Å². The number of benzene rings is 1. The molecule has 1 amide bonds. The van der Waals surface area contributed by atoms with Crippen LogP contribution in [0.5, 0.6) is 0 Å². The predicted octanol–water partition coefficient (Wildman–Crippen LogP) is 0.733. The summed E-state index contributed by atoms with van der Waals surface area (Å²) in [6, 6.07) is 5.78. The highest BCUT2D eigenvalue weighted by Crippen LogP contribution is 2.10. The number of aliphatic hydroxyl groups excluding tert-OH is 1. The lowest BCUT2D eigenvalue weighted by atomic mass is 10.1. The van der Waals surface area contributed by atoms with Crippen LogP contribution in [0, 0.1) is 5.92 Å². The van der Waals surface area contributed by atoms with Gasteiger partial charge in [-0.25, -0.2) is 13.1 Å². The zero-order valence-electron chi connectivity index (χ0n) is 12.3. The van der Waals surface area contributed by atoms with E-state index in [4.69, 9.17) is 5.11 Å². The fourth-order valence-corrected chi connectivity index (χ4v) is 2.79. The highest BCUT2D eigenvalue weighted by Gasteiger charge is 2.13. The SMILES string of the molecule is CCNS(=O)(=O)c1ccc(C(=O)NCC(C)CCO)cc1. The number of nitrogens with one attached hydrogen (secondary N) is 2. The molecule has 0 aliphatic carbocycles.